The number of hydrogen-bond acceptors (Lipinski definition) is 4. The Morgan fingerprint density at radius 1 is 1.07 bits per heavy atom. The molecule has 146 valence electrons. The van der Waals surface area contributed by atoms with E-state index in [0.29, 0.717) is 25.9 Å². The lowest BCUT2D eigenvalue weighted by Crippen LogP contribution is -2.11. The molecule has 0 atom stereocenters. The number of aromatic nitrogens is 1. The lowest BCUT2D eigenvalue weighted by molar-refractivity contribution is -0.116. The van der Waals surface area contributed by atoms with Crippen LogP contribution in [0.2, 0.25) is 0 Å². The summed E-state index contributed by atoms with van der Waals surface area (Å²) in [5.74, 6) is 1.57. The maximum atomic E-state index is 12.1. The van der Waals surface area contributed by atoms with Gasteiger partial charge in [0.1, 0.15) is 5.75 Å². The van der Waals surface area contributed by atoms with Crippen molar-refractivity contribution in [2.24, 2.45) is 0 Å². The molecule has 0 saturated carbocycles. The van der Waals surface area contributed by atoms with Gasteiger partial charge in [-0.1, -0.05) is 11.2 Å². The minimum absolute atomic E-state index is 0.0125. The number of rotatable bonds is 8. The highest BCUT2D eigenvalue weighted by Crippen LogP contribution is 2.24. The summed E-state index contributed by atoms with van der Waals surface area (Å²) >= 11 is 0. The van der Waals surface area contributed by atoms with E-state index in [-0.39, 0.29) is 5.91 Å². The van der Waals surface area contributed by atoms with Gasteiger partial charge in [-0.05, 0) is 81.1 Å². The number of carbonyl (C=O) groups excluding carboxylic acids is 1. The fraction of sp³-hybridized carbons (Fsp3) is 0.304. The number of aryl methyl sites for hydroxylation is 3. The molecule has 5 nitrogen and oxygen atoms in total. The second kappa shape index (κ2) is 9.22. The van der Waals surface area contributed by atoms with Crippen LogP contribution in [-0.4, -0.2) is 17.7 Å². The van der Waals surface area contributed by atoms with E-state index < -0.39 is 0 Å². The molecule has 1 N–H and O–H groups in total. The molecule has 28 heavy (non-hydrogen) atoms. The van der Waals surface area contributed by atoms with Crippen molar-refractivity contribution in [2.75, 3.05) is 11.9 Å². The highest BCUT2D eigenvalue weighted by atomic mass is 16.5. The molecule has 0 spiro atoms. The van der Waals surface area contributed by atoms with Gasteiger partial charge in [-0.3, -0.25) is 4.79 Å². The first-order chi connectivity index (χ1) is 13.5. The smallest absolute Gasteiger partial charge is 0.224 e. The van der Waals surface area contributed by atoms with Crippen LogP contribution in [0.5, 0.6) is 5.75 Å². The minimum atomic E-state index is 0.0125. The third-order valence-electron chi connectivity index (χ3n) is 4.64. The summed E-state index contributed by atoms with van der Waals surface area (Å²) in [6.07, 6.45) is 1.85. The Labute approximate surface area is 165 Å². The van der Waals surface area contributed by atoms with Gasteiger partial charge in [-0.15, -0.1) is 0 Å². The number of anilines is 1. The molecule has 0 unspecified atom stereocenters. The largest absolute Gasteiger partial charge is 0.494 e. The number of nitrogens with zero attached hydrogens (tertiary/aromatic N) is 1. The highest BCUT2D eigenvalue weighted by molar-refractivity contribution is 5.90. The molecular weight excluding hydrogens is 352 g/mol. The zero-order valence-electron chi connectivity index (χ0n) is 16.6. The molecule has 0 fully saturated rings. The Balaban J connectivity index is 1.48. The standard InChI is InChI=1S/C23H26N2O3/c1-4-27-21-12-9-18(10-13-21)22-15-20(25-28-22)6-5-7-23(26)24-19-11-8-16(2)17(3)14-19/h8-15H,4-7H2,1-3H3,(H,24,26). The molecule has 5 heteroatoms. The van der Waals surface area contributed by atoms with Crippen molar-refractivity contribution in [2.45, 2.75) is 40.0 Å². The Hall–Kier alpha value is -3.08. The Bertz CT molecular complexity index is 929. The lowest BCUT2D eigenvalue weighted by Gasteiger charge is -2.07. The van der Waals surface area contributed by atoms with Crippen LogP contribution in [0.25, 0.3) is 11.3 Å². The number of hydrogen-bond donors (Lipinski definition) is 1. The van der Waals surface area contributed by atoms with E-state index in [1.165, 1.54) is 11.1 Å². The molecule has 1 heterocycles. The van der Waals surface area contributed by atoms with Crippen LogP contribution in [0.4, 0.5) is 5.69 Å². The predicted molar refractivity (Wildman–Crippen MR) is 111 cm³/mol. The molecule has 0 aliphatic heterocycles. The first-order valence-corrected chi connectivity index (χ1v) is 9.61. The van der Waals surface area contributed by atoms with Crippen molar-refractivity contribution >= 4 is 11.6 Å². The maximum absolute atomic E-state index is 12.1. The zero-order chi connectivity index (χ0) is 19.9. The van der Waals surface area contributed by atoms with Crippen molar-refractivity contribution in [3.05, 3.63) is 65.4 Å². The van der Waals surface area contributed by atoms with Crippen molar-refractivity contribution < 1.29 is 14.1 Å². The quantitative estimate of drug-likeness (QED) is 0.576. The number of amides is 1. The molecule has 1 aromatic heterocycles. The third-order valence-corrected chi connectivity index (χ3v) is 4.64. The van der Waals surface area contributed by atoms with Crippen molar-refractivity contribution in [1.29, 1.82) is 0 Å². The number of ether oxygens (including phenoxy) is 1. The molecule has 2 aromatic carbocycles. The monoisotopic (exact) mass is 378 g/mol. The fourth-order valence-corrected chi connectivity index (χ4v) is 2.92. The van der Waals surface area contributed by atoms with Crippen LogP contribution in [0.3, 0.4) is 0 Å². The zero-order valence-corrected chi connectivity index (χ0v) is 16.6. The van der Waals surface area contributed by atoms with Crippen molar-refractivity contribution in [3.8, 4) is 17.1 Å². The number of nitrogens with one attached hydrogen (secondary N) is 1. The first kappa shape index (κ1) is 19.7. The molecule has 3 rings (SSSR count). The summed E-state index contributed by atoms with van der Waals surface area (Å²) in [5.41, 5.74) is 5.03. The Kier molecular flexibility index (Phi) is 6.48. The highest BCUT2D eigenvalue weighted by Gasteiger charge is 2.09. The van der Waals surface area contributed by atoms with Crippen LogP contribution >= 0.6 is 0 Å². The minimum Gasteiger partial charge on any atom is -0.494 e. The van der Waals surface area contributed by atoms with Crippen LogP contribution in [0.15, 0.2) is 53.1 Å². The van der Waals surface area contributed by atoms with E-state index in [1.54, 1.807) is 0 Å². The second-order valence-electron chi connectivity index (χ2n) is 6.84. The summed E-state index contributed by atoms with van der Waals surface area (Å²) in [4.78, 5) is 12.1. The third kappa shape index (κ3) is 5.22. The molecule has 0 aliphatic carbocycles. The van der Waals surface area contributed by atoms with Gasteiger partial charge in [0.2, 0.25) is 5.91 Å². The van der Waals surface area contributed by atoms with Gasteiger partial charge in [0.25, 0.3) is 0 Å². The average Bonchev–Trinajstić information content (AvgIpc) is 3.14. The van der Waals surface area contributed by atoms with E-state index in [1.807, 2.05) is 62.4 Å². The van der Waals surface area contributed by atoms with E-state index in [2.05, 4.69) is 17.4 Å². The van der Waals surface area contributed by atoms with Crippen molar-refractivity contribution in [1.82, 2.24) is 5.16 Å². The maximum Gasteiger partial charge on any atom is 0.224 e. The Morgan fingerprint density at radius 2 is 1.86 bits per heavy atom. The molecular formula is C23H26N2O3. The second-order valence-corrected chi connectivity index (χ2v) is 6.84. The molecule has 0 radical (unpaired) electrons. The molecule has 0 aliphatic rings. The van der Waals surface area contributed by atoms with Gasteiger partial charge in [-0.25, -0.2) is 0 Å². The molecule has 1 amide bonds. The molecule has 3 aromatic rings. The van der Waals surface area contributed by atoms with Gasteiger partial charge in [0.05, 0.1) is 12.3 Å². The van der Waals surface area contributed by atoms with E-state index in [4.69, 9.17) is 9.26 Å². The SMILES string of the molecule is CCOc1ccc(-c2cc(CCCC(=O)Nc3ccc(C)c(C)c3)no2)cc1. The van der Waals surface area contributed by atoms with E-state index in [9.17, 15) is 4.79 Å². The van der Waals surface area contributed by atoms with E-state index in [0.717, 1.165) is 28.5 Å². The average molecular weight is 378 g/mol. The summed E-state index contributed by atoms with van der Waals surface area (Å²) in [7, 11) is 0. The number of carbonyl (C=O) groups is 1. The normalized spacial score (nSPS) is 10.7. The van der Waals surface area contributed by atoms with Gasteiger partial charge in [-0.2, -0.15) is 0 Å². The summed E-state index contributed by atoms with van der Waals surface area (Å²) in [5, 5.41) is 7.06. The number of benzene rings is 2. The summed E-state index contributed by atoms with van der Waals surface area (Å²) in [6, 6.07) is 15.6. The van der Waals surface area contributed by atoms with Crippen molar-refractivity contribution in [3.63, 3.8) is 0 Å². The van der Waals surface area contributed by atoms with Crippen LogP contribution in [-0.2, 0) is 11.2 Å². The van der Waals surface area contributed by atoms with Gasteiger partial charge in [0, 0.05) is 23.7 Å². The summed E-state index contributed by atoms with van der Waals surface area (Å²) in [6.45, 7) is 6.69. The van der Waals surface area contributed by atoms with E-state index >= 15 is 0 Å². The fourth-order valence-electron chi connectivity index (χ4n) is 2.92. The van der Waals surface area contributed by atoms with Crippen LogP contribution < -0.4 is 10.1 Å². The first-order valence-electron chi connectivity index (χ1n) is 9.61. The lowest BCUT2D eigenvalue weighted by atomic mass is 10.1. The molecule has 0 saturated heterocycles. The van der Waals surface area contributed by atoms with Gasteiger partial charge < -0.3 is 14.6 Å². The Morgan fingerprint density at radius 3 is 2.57 bits per heavy atom. The predicted octanol–water partition coefficient (Wildman–Crippen LogP) is 5.32. The summed E-state index contributed by atoms with van der Waals surface area (Å²) < 4.78 is 10.9. The topological polar surface area (TPSA) is 64.4 Å². The van der Waals surface area contributed by atoms with Crippen LogP contribution in [0, 0.1) is 13.8 Å². The molecule has 0 bridgehead atoms. The van der Waals surface area contributed by atoms with Gasteiger partial charge in [0.15, 0.2) is 5.76 Å². The van der Waals surface area contributed by atoms with Gasteiger partial charge >= 0.3 is 0 Å². The van der Waals surface area contributed by atoms with Crippen LogP contribution in [0.1, 0.15) is 36.6 Å².